The molecule has 0 aliphatic rings. The lowest BCUT2D eigenvalue weighted by molar-refractivity contribution is 0.179. The fourth-order valence-corrected chi connectivity index (χ4v) is 0.983. The van der Waals surface area contributed by atoms with Gasteiger partial charge in [-0.3, -0.25) is 4.98 Å². The molecule has 4 heteroatoms. The number of ether oxygens (including phenoxy) is 1. The minimum Gasteiger partial charge on any atom is -0.383 e. The first-order valence-corrected chi connectivity index (χ1v) is 3.98. The molecule has 12 heavy (non-hydrogen) atoms. The number of nitrogens with zero attached hydrogens (tertiary/aromatic N) is 1. The van der Waals surface area contributed by atoms with Gasteiger partial charge in [0.1, 0.15) is 0 Å². The Balaban J connectivity index is 2.68. The summed E-state index contributed by atoms with van der Waals surface area (Å²) in [5, 5.41) is 0.614. The molecular weight excluding hydrogens is 176 g/mol. The van der Waals surface area contributed by atoms with Gasteiger partial charge in [-0.1, -0.05) is 11.6 Å². The Labute approximate surface area is 76.5 Å². The molecule has 0 aliphatic carbocycles. The normalized spacial score (nSPS) is 12.9. The first-order chi connectivity index (χ1) is 5.74. The van der Waals surface area contributed by atoms with Crippen LogP contribution < -0.4 is 5.73 Å². The van der Waals surface area contributed by atoms with Crippen LogP contribution in [0.1, 0.15) is 11.7 Å². The van der Waals surface area contributed by atoms with E-state index in [0.717, 1.165) is 5.69 Å². The molecule has 0 amide bonds. The standard InChI is InChI=1S/C8H11ClN2O/c1-12-5-7(10)8-3-2-6(9)4-11-8/h2-4,7H,5,10H2,1H3. The molecule has 1 heterocycles. The molecule has 2 N–H and O–H groups in total. The van der Waals surface area contributed by atoms with Crippen molar-refractivity contribution in [2.45, 2.75) is 6.04 Å². The molecule has 0 saturated heterocycles. The SMILES string of the molecule is COCC(N)c1ccc(Cl)cn1. The lowest BCUT2D eigenvalue weighted by Gasteiger charge is -2.08. The Kier molecular flexibility index (Phi) is 3.47. The second-order valence-electron chi connectivity index (χ2n) is 2.46. The summed E-state index contributed by atoms with van der Waals surface area (Å²) >= 11 is 5.66. The minimum absolute atomic E-state index is 0.174. The maximum Gasteiger partial charge on any atom is 0.0707 e. The van der Waals surface area contributed by atoms with Gasteiger partial charge in [-0.15, -0.1) is 0 Å². The summed E-state index contributed by atoms with van der Waals surface area (Å²) in [4.78, 5) is 4.06. The highest BCUT2D eigenvalue weighted by Crippen LogP contribution is 2.11. The highest BCUT2D eigenvalue weighted by atomic mass is 35.5. The third-order valence-corrected chi connectivity index (χ3v) is 1.70. The predicted octanol–water partition coefficient (Wildman–Crippen LogP) is 1.38. The van der Waals surface area contributed by atoms with Crippen LogP contribution in [0.4, 0.5) is 0 Å². The molecule has 3 nitrogen and oxygen atoms in total. The van der Waals surface area contributed by atoms with Gasteiger partial charge in [-0.25, -0.2) is 0 Å². The fraction of sp³-hybridized carbons (Fsp3) is 0.375. The summed E-state index contributed by atoms with van der Waals surface area (Å²) in [7, 11) is 1.61. The van der Waals surface area contributed by atoms with Crippen LogP contribution in [0.2, 0.25) is 5.02 Å². The lowest BCUT2D eigenvalue weighted by atomic mass is 10.2. The van der Waals surface area contributed by atoms with Crippen LogP contribution >= 0.6 is 11.6 Å². The average molecular weight is 187 g/mol. The van der Waals surface area contributed by atoms with E-state index >= 15 is 0 Å². The first kappa shape index (κ1) is 9.45. The molecule has 1 aromatic rings. The topological polar surface area (TPSA) is 48.1 Å². The van der Waals surface area contributed by atoms with E-state index in [9.17, 15) is 0 Å². The van der Waals surface area contributed by atoms with Gasteiger partial charge in [0.15, 0.2) is 0 Å². The Morgan fingerprint density at radius 2 is 2.42 bits per heavy atom. The Hall–Kier alpha value is -0.640. The van der Waals surface area contributed by atoms with Gasteiger partial charge in [-0.2, -0.15) is 0 Å². The first-order valence-electron chi connectivity index (χ1n) is 3.60. The molecule has 1 atom stereocenters. The van der Waals surface area contributed by atoms with Crippen molar-refractivity contribution in [2.24, 2.45) is 5.73 Å². The number of rotatable bonds is 3. The van der Waals surface area contributed by atoms with Gasteiger partial charge >= 0.3 is 0 Å². The van der Waals surface area contributed by atoms with Gasteiger partial charge < -0.3 is 10.5 Å². The van der Waals surface area contributed by atoms with Crippen molar-refractivity contribution in [3.63, 3.8) is 0 Å². The summed E-state index contributed by atoms with van der Waals surface area (Å²) in [6.07, 6.45) is 1.58. The van der Waals surface area contributed by atoms with E-state index in [-0.39, 0.29) is 6.04 Å². The summed E-state index contributed by atoms with van der Waals surface area (Å²) in [6, 6.07) is 3.39. The Bertz CT molecular complexity index is 237. The summed E-state index contributed by atoms with van der Waals surface area (Å²) in [5.74, 6) is 0. The van der Waals surface area contributed by atoms with Crippen molar-refractivity contribution >= 4 is 11.6 Å². The van der Waals surface area contributed by atoms with Crippen LogP contribution in [-0.2, 0) is 4.74 Å². The van der Waals surface area contributed by atoms with E-state index in [1.807, 2.05) is 0 Å². The molecule has 0 spiro atoms. The average Bonchev–Trinajstić information content (AvgIpc) is 2.06. The van der Waals surface area contributed by atoms with Gasteiger partial charge in [0.05, 0.1) is 23.4 Å². The summed E-state index contributed by atoms with van der Waals surface area (Å²) in [5.41, 5.74) is 6.52. The van der Waals surface area contributed by atoms with Crippen LogP contribution in [0.5, 0.6) is 0 Å². The largest absolute Gasteiger partial charge is 0.383 e. The van der Waals surface area contributed by atoms with Crippen LogP contribution in [0.15, 0.2) is 18.3 Å². The summed E-state index contributed by atoms with van der Waals surface area (Å²) in [6.45, 7) is 0.467. The molecule has 0 fully saturated rings. The molecule has 0 aromatic carbocycles. The number of pyridine rings is 1. The maximum absolute atomic E-state index is 5.73. The second-order valence-corrected chi connectivity index (χ2v) is 2.90. The Morgan fingerprint density at radius 3 is 2.92 bits per heavy atom. The lowest BCUT2D eigenvalue weighted by Crippen LogP contribution is -2.17. The summed E-state index contributed by atoms with van der Waals surface area (Å²) < 4.78 is 4.89. The van der Waals surface area contributed by atoms with E-state index in [2.05, 4.69) is 4.98 Å². The van der Waals surface area contributed by atoms with Gasteiger partial charge in [0.2, 0.25) is 0 Å². The zero-order valence-corrected chi connectivity index (χ0v) is 7.58. The molecular formula is C8H11ClN2O. The molecule has 0 aliphatic heterocycles. The monoisotopic (exact) mass is 186 g/mol. The van der Waals surface area contributed by atoms with Crippen molar-refractivity contribution in [3.8, 4) is 0 Å². The molecule has 1 unspecified atom stereocenters. The number of aromatic nitrogens is 1. The number of hydrogen-bond acceptors (Lipinski definition) is 3. The minimum atomic E-state index is -0.174. The zero-order chi connectivity index (χ0) is 8.97. The molecule has 0 bridgehead atoms. The number of methoxy groups -OCH3 is 1. The van der Waals surface area contributed by atoms with Crippen molar-refractivity contribution < 1.29 is 4.74 Å². The van der Waals surface area contributed by atoms with Gasteiger partial charge in [0, 0.05) is 13.3 Å². The molecule has 0 saturated carbocycles. The second kappa shape index (κ2) is 4.40. The van der Waals surface area contributed by atoms with Crippen LogP contribution in [0.3, 0.4) is 0 Å². The van der Waals surface area contributed by atoms with Crippen molar-refractivity contribution in [2.75, 3.05) is 13.7 Å². The highest BCUT2D eigenvalue weighted by Gasteiger charge is 2.05. The van der Waals surface area contributed by atoms with Crippen LogP contribution in [0, 0.1) is 0 Å². The third-order valence-electron chi connectivity index (χ3n) is 1.48. The molecule has 0 radical (unpaired) electrons. The van der Waals surface area contributed by atoms with Gasteiger partial charge in [0.25, 0.3) is 0 Å². The predicted molar refractivity (Wildman–Crippen MR) is 48.1 cm³/mol. The maximum atomic E-state index is 5.73. The molecule has 1 rings (SSSR count). The quantitative estimate of drug-likeness (QED) is 0.776. The van der Waals surface area contributed by atoms with E-state index in [1.165, 1.54) is 0 Å². The number of hydrogen-bond donors (Lipinski definition) is 1. The zero-order valence-electron chi connectivity index (χ0n) is 6.83. The fourth-order valence-electron chi connectivity index (χ4n) is 0.872. The smallest absolute Gasteiger partial charge is 0.0707 e. The number of nitrogens with two attached hydrogens (primary N) is 1. The van der Waals surface area contributed by atoms with Gasteiger partial charge in [-0.05, 0) is 12.1 Å². The van der Waals surface area contributed by atoms with E-state index in [1.54, 1.807) is 25.4 Å². The van der Waals surface area contributed by atoms with E-state index < -0.39 is 0 Å². The highest BCUT2D eigenvalue weighted by molar-refractivity contribution is 6.30. The van der Waals surface area contributed by atoms with E-state index in [0.29, 0.717) is 11.6 Å². The third kappa shape index (κ3) is 2.44. The molecule has 66 valence electrons. The van der Waals surface area contributed by atoms with Crippen LogP contribution in [-0.4, -0.2) is 18.7 Å². The number of halogens is 1. The van der Waals surface area contributed by atoms with Crippen molar-refractivity contribution in [1.29, 1.82) is 0 Å². The molecule has 1 aromatic heterocycles. The van der Waals surface area contributed by atoms with E-state index in [4.69, 9.17) is 22.1 Å². The Morgan fingerprint density at radius 1 is 1.67 bits per heavy atom. The van der Waals surface area contributed by atoms with Crippen molar-refractivity contribution in [1.82, 2.24) is 4.98 Å². The van der Waals surface area contributed by atoms with Crippen molar-refractivity contribution in [3.05, 3.63) is 29.0 Å². The van der Waals surface area contributed by atoms with Crippen LogP contribution in [0.25, 0.3) is 0 Å².